The molecule has 0 unspecified atom stereocenters. The first kappa shape index (κ1) is 18.2. The Balaban J connectivity index is 2.31. The predicted octanol–water partition coefficient (Wildman–Crippen LogP) is 2.88. The summed E-state index contributed by atoms with van der Waals surface area (Å²) in [6.07, 6.45) is 1.11. The van der Waals surface area contributed by atoms with Crippen LogP contribution in [0, 0.1) is 25.2 Å². The molecule has 2 amide bonds. The molecule has 2 aromatic rings. The van der Waals surface area contributed by atoms with Crippen LogP contribution in [0.4, 0.5) is 10.5 Å². The van der Waals surface area contributed by atoms with Gasteiger partial charge in [-0.25, -0.2) is 9.79 Å². The maximum Gasteiger partial charge on any atom is 0.345 e. The van der Waals surface area contributed by atoms with Crippen LogP contribution in [0.3, 0.4) is 0 Å². The van der Waals surface area contributed by atoms with E-state index in [2.05, 4.69) is 10.3 Å². The number of nitriles is 1. The molecular weight excluding hydrogens is 344 g/mol. The molecule has 128 valence electrons. The SMILES string of the molecule is Cc1ccc(NC(=O)N=Cc2c(C)c(C#N)c(=O)n(C)c2O)cc1Cl. The van der Waals surface area contributed by atoms with Gasteiger partial charge in [-0.2, -0.15) is 5.26 Å². The third-order valence-corrected chi connectivity index (χ3v) is 4.11. The number of carbonyl (C=O) groups excluding carboxylic acids is 1. The zero-order chi connectivity index (χ0) is 18.7. The Bertz CT molecular complexity index is 987. The molecule has 0 aliphatic heterocycles. The van der Waals surface area contributed by atoms with Gasteiger partial charge in [0.1, 0.15) is 11.6 Å². The van der Waals surface area contributed by atoms with Gasteiger partial charge in [-0.3, -0.25) is 9.36 Å². The number of amides is 2. The molecule has 0 saturated carbocycles. The summed E-state index contributed by atoms with van der Waals surface area (Å²) in [5, 5.41) is 22.2. The Morgan fingerprint density at radius 1 is 1.44 bits per heavy atom. The number of aliphatic imine (C=N–C) groups is 1. The van der Waals surface area contributed by atoms with Gasteiger partial charge in [0.25, 0.3) is 5.56 Å². The van der Waals surface area contributed by atoms with Gasteiger partial charge in [0.2, 0.25) is 5.88 Å². The Morgan fingerprint density at radius 2 is 2.12 bits per heavy atom. The molecule has 0 aliphatic carbocycles. The average molecular weight is 359 g/mol. The van der Waals surface area contributed by atoms with Crippen molar-refractivity contribution in [2.24, 2.45) is 12.0 Å². The standard InChI is InChI=1S/C17H15ClN4O3/c1-9-4-5-11(6-14(9)18)21-17(25)20-8-13-10(2)12(7-19)15(23)22(3)16(13)24/h4-6,8,24H,1-3H3,(H,21,25). The van der Waals surface area contributed by atoms with E-state index in [0.29, 0.717) is 10.7 Å². The Kier molecular flexibility index (Phi) is 5.25. The van der Waals surface area contributed by atoms with Crippen LogP contribution >= 0.6 is 11.6 Å². The van der Waals surface area contributed by atoms with Crippen LogP contribution in [-0.2, 0) is 7.05 Å². The molecule has 0 saturated heterocycles. The van der Waals surface area contributed by atoms with Crippen molar-refractivity contribution < 1.29 is 9.90 Å². The van der Waals surface area contributed by atoms with E-state index in [4.69, 9.17) is 16.9 Å². The van der Waals surface area contributed by atoms with Crippen molar-refractivity contribution in [2.75, 3.05) is 5.32 Å². The first-order valence-electron chi connectivity index (χ1n) is 7.20. The molecule has 25 heavy (non-hydrogen) atoms. The summed E-state index contributed by atoms with van der Waals surface area (Å²) in [6, 6.07) is 6.12. The van der Waals surface area contributed by atoms with E-state index in [-0.39, 0.29) is 22.6 Å². The van der Waals surface area contributed by atoms with E-state index in [1.54, 1.807) is 24.3 Å². The Morgan fingerprint density at radius 3 is 2.72 bits per heavy atom. The number of benzene rings is 1. The number of aromatic hydroxyl groups is 1. The van der Waals surface area contributed by atoms with Crippen LogP contribution in [0.25, 0.3) is 0 Å². The zero-order valence-corrected chi connectivity index (χ0v) is 14.5. The van der Waals surface area contributed by atoms with Gasteiger partial charge in [-0.05, 0) is 37.1 Å². The number of nitrogens with one attached hydrogen (secondary N) is 1. The van der Waals surface area contributed by atoms with E-state index in [0.717, 1.165) is 16.3 Å². The van der Waals surface area contributed by atoms with Crippen molar-refractivity contribution in [3.8, 4) is 11.9 Å². The summed E-state index contributed by atoms with van der Waals surface area (Å²) in [5.41, 5.74) is 0.976. The fourth-order valence-corrected chi connectivity index (χ4v) is 2.32. The molecule has 0 aliphatic rings. The summed E-state index contributed by atoms with van der Waals surface area (Å²) >= 11 is 5.99. The molecule has 0 spiro atoms. The van der Waals surface area contributed by atoms with E-state index >= 15 is 0 Å². The minimum absolute atomic E-state index is 0.118. The lowest BCUT2D eigenvalue weighted by molar-refractivity contribution is 0.259. The van der Waals surface area contributed by atoms with E-state index < -0.39 is 11.6 Å². The quantitative estimate of drug-likeness (QED) is 0.804. The third kappa shape index (κ3) is 3.70. The molecule has 0 fully saturated rings. The Hall–Kier alpha value is -3.11. The number of hydrogen-bond donors (Lipinski definition) is 2. The van der Waals surface area contributed by atoms with Crippen LogP contribution in [-0.4, -0.2) is 21.9 Å². The molecule has 0 atom stereocenters. The van der Waals surface area contributed by atoms with Gasteiger partial charge in [0.05, 0.1) is 5.56 Å². The number of urea groups is 1. The lowest BCUT2D eigenvalue weighted by atomic mass is 10.1. The fraction of sp³-hybridized carbons (Fsp3) is 0.176. The predicted molar refractivity (Wildman–Crippen MR) is 95.6 cm³/mol. The number of halogens is 1. The van der Waals surface area contributed by atoms with E-state index in [9.17, 15) is 14.7 Å². The average Bonchev–Trinajstić information content (AvgIpc) is 2.57. The van der Waals surface area contributed by atoms with Crippen molar-refractivity contribution >= 4 is 29.5 Å². The van der Waals surface area contributed by atoms with Gasteiger partial charge >= 0.3 is 6.03 Å². The summed E-state index contributed by atoms with van der Waals surface area (Å²) in [5.74, 6) is -0.378. The first-order chi connectivity index (χ1) is 11.8. The van der Waals surface area contributed by atoms with Crippen molar-refractivity contribution in [3.05, 3.63) is 55.8 Å². The van der Waals surface area contributed by atoms with Gasteiger partial charge in [0, 0.05) is 24.0 Å². The number of pyridine rings is 1. The Labute approximate surface area is 148 Å². The van der Waals surface area contributed by atoms with Gasteiger partial charge in [-0.1, -0.05) is 17.7 Å². The highest BCUT2D eigenvalue weighted by molar-refractivity contribution is 6.31. The normalized spacial score (nSPS) is 10.7. The van der Waals surface area contributed by atoms with Crippen LogP contribution in [0.5, 0.6) is 5.88 Å². The number of carbonyl (C=O) groups is 1. The lowest BCUT2D eigenvalue weighted by Crippen LogP contribution is -2.22. The second kappa shape index (κ2) is 7.20. The van der Waals surface area contributed by atoms with E-state index in [1.807, 2.05) is 6.92 Å². The topological polar surface area (TPSA) is 107 Å². The summed E-state index contributed by atoms with van der Waals surface area (Å²) in [7, 11) is 1.32. The number of rotatable bonds is 2. The van der Waals surface area contributed by atoms with Crippen LogP contribution in [0.2, 0.25) is 5.02 Å². The van der Waals surface area contributed by atoms with Crippen LogP contribution in [0.15, 0.2) is 28.0 Å². The molecule has 0 radical (unpaired) electrons. The molecular formula is C17H15ClN4O3. The van der Waals surface area contributed by atoms with Gasteiger partial charge in [0.15, 0.2) is 0 Å². The molecule has 1 aromatic carbocycles. The van der Waals surface area contributed by atoms with Crippen molar-refractivity contribution in [1.29, 1.82) is 5.26 Å². The molecule has 1 aromatic heterocycles. The minimum atomic E-state index is -0.689. The number of anilines is 1. The lowest BCUT2D eigenvalue weighted by Gasteiger charge is -2.09. The van der Waals surface area contributed by atoms with Crippen molar-refractivity contribution in [2.45, 2.75) is 13.8 Å². The smallest absolute Gasteiger partial charge is 0.345 e. The van der Waals surface area contributed by atoms with Crippen molar-refractivity contribution in [3.63, 3.8) is 0 Å². The number of hydrogen-bond acceptors (Lipinski definition) is 4. The van der Waals surface area contributed by atoms with Gasteiger partial charge in [-0.15, -0.1) is 0 Å². The largest absolute Gasteiger partial charge is 0.494 e. The molecule has 7 nitrogen and oxygen atoms in total. The molecule has 0 bridgehead atoms. The summed E-state index contributed by atoms with van der Waals surface area (Å²) in [4.78, 5) is 27.5. The number of aryl methyl sites for hydroxylation is 1. The number of aromatic nitrogens is 1. The monoisotopic (exact) mass is 358 g/mol. The van der Waals surface area contributed by atoms with Gasteiger partial charge < -0.3 is 10.4 Å². The third-order valence-electron chi connectivity index (χ3n) is 3.70. The first-order valence-corrected chi connectivity index (χ1v) is 7.58. The molecule has 1 heterocycles. The van der Waals surface area contributed by atoms with Crippen LogP contribution < -0.4 is 10.9 Å². The molecule has 8 heteroatoms. The second-order valence-electron chi connectivity index (χ2n) is 5.37. The number of nitrogens with zero attached hydrogens (tertiary/aromatic N) is 3. The second-order valence-corrected chi connectivity index (χ2v) is 5.77. The zero-order valence-electron chi connectivity index (χ0n) is 13.8. The van der Waals surface area contributed by atoms with E-state index in [1.165, 1.54) is 14.0 Å². The maximum absolute atomic E-state index is 11.9. The molecule has 2 N–H and O–H groups in total. The van der Waals surface area contributed by atoms with Crippen molar-refractivity contribution in [1.82, 2.24) is 4.57 Å². The van der Waals surface area contributed by atoms with Crippen LogP contribution in [0.1, 0.15) is 22.3 Å². The highest BCUT2D eigenvalue weighted by atomic mass is 35.5. The minimum Gasteiger partial charge on any atom is -0.494 e. The highest BCUT2D eigenvalue weighted by Gasteiger charge is 2.16. The fourth-order valence-electron chi connectivity index (χ4n) is 2.14. The highest BCUT2D eigenvalue weighted by Crippen LogP contribution is 2.21. The maximum atomic E-state index is 11.9. The summed E-state index contributed by atoms with van der Waals surface area (Å²) in [6.45, 7) is 3.34. The molecule has 2 rings (SSSR count). The summed E-state index contributed by atoms with van der Waals surface area (Å²) < 4.78 is 0.921.